The smallest absolute Gasteiger partial charge is 0.0951 e. The first kappa shape index (κ1) is 11.5. The minimum absolute atomic E-state index is 0.766. The summed E-state index contributed by atoms with van der Waals surface area (Å²) in [6.07, 6.45) is 2.71. The Kier molecular flexibility index (Phi) is 3.11. The van der Waals surface area contributed by atoms with Crippen molar-refractivity contribution in [3.63, 3.8) is 0 Å². The Balaban J connectivity index is 1.64. The van der Waals surface area contributed by atoms with Crippen molar-refractivity contribution in [3.8, 4) is 0 Å². The lowest BCUT2D eigenvalue weighted by Crippen LogP contribution is -2.49. The van der Waals surface area contributed by atoms with E-state index < -0.39 is 0 Å². The molecule has 3 heterocycles. The highest BCUT2D eigenvalue weighted by atomic mass is 35.5. The van der Waals surface area contributed by atoms with Crippen molar-refractivity contribution < 1.29 is 0 Å². The molecule has 0 bridgehead atoms. The van der Waals surface area contributed by atoms with E-state index in [1.165, 1.54) is 32.5 Å². The molecule has 5 heteroatoms. The van der Waals surface area contributed by atoms with Crippen molar-refractivity contribution in [1.29, 1.82) is 0 Å². The molecule has 0 radical (unpaired) electrons. The monoisotopic (exact) mass is 254 g/mol. The number of aromatic amines is 1. The van der Waals surface area contributed by atoms with E-state index in [0.717, 1.165) is 35.5 Å². The van der Waals surface area contributed by atoms with Gasteiger partial charge in [0.1, 0.15) is 0 Å². The molecule has 1 N–H and O–H groups in total. The minimum Gasteiger partial charge on any atom is -0.298 e. The molecule has 1 aromatic rings. The molecule has 0 aromatic carbocycles. The molecule has 2 saturated heterocycles. The summed E-state index contributed by atoms with van der Waals surface area (Å²) < 4.78 is 0. The van der Waals surface area contributed by atoms with Gasteiger partial charge in [0.15, 0.2) is 0 Å². The fourth-order valence-electron chi connectivity index (χ4n) is 2.98. The molecule has 0 saturated carbocycles. The van der Waals surface area contributed by atoms with Crippen LogP contribution in [0.4, 0.5) is 0 Å². The molecule has 1 aromatic heterocycles. The van der Waals surface area contributed by atoms with Gasteiger partial charge in [-0.25, -0.2) is 0 Å². The average Bonchev–Trinajstić information content (AvgIpc) is 2.90. The van der Waals surface area contributed by atoms with Gasteiger partial charge in [0.05, 0.1) is 16.4 Å². The van der Waals surface area contributed by atoms with Gasteiger partial charge >= 0.3 is 0 Å². The van der Waals surface area contributed by atoms with Gasteiger partial charge in [0.25, 0.3) is 0 Å². The zero-order chi connectivity index (χ0) is 11.8. The van der Waals surface area contributed by atoms with Gasteiger partial charge in [-0.1, -0.05) is 11.6 Å². The second-order valence-electron chi connectivity index (χ2n) is 5.18. The van der Waals surface area contributed by atoms with E-state index >= 15 is 0 Å². The van der Waals surface area contributed by atoms with Crippen LogP contribution >= 0.6 is 11.6 Å². The van der Waals surface area contributed by atoms with E-state index in [1.54, 1.807) is 0 Å². The summed E-state index contributed by atoms with van der Waals surface area (Å²) in [5.41, 5.74) is 1.97. The molecule has 0 aliphatic carbocycles. The molecule has 17 heavy (non-hydrogen) atoms. The van der Waals surface area contributed by atoms with Crippen LogP contribution in [0.25, 0.3) is 0 Å². The van der Waals surface area contributed by atoms with Gasteiger partial charge in [0.2, 0.25) is 0 Å². The molecule has 4 nitrogen and oxygen atoms in total. The molecule has 94 valence electrons. The van der Waals surface area contributed by atoms with E-state index in [9.17, 15) is 0 Å². The SMILES string of the molecule is Cc1[nH]nc(CN2CCN3CCC[C@@H]3C2)c1Cl. The van der Waals surface area contributed by atoms with Crippen LogP contribution in [0.2, 0.25) is 5.02 Å². The van der Waals surface area contributed by atoms with Crippen LogP contribution in [-0.2, 0) is 6.54 Å². The molecule has 0 unspecified atom stereocenters. The zero-order valence-electron chi connectivity index (χ0n) is 10.2. The number of aryl methyl sites for hydroxylation is 1. The molecule has 2 aliphatic rings. The third-order valence-electron chi connectivity index (χ3n) is 3.99. The highest BCUT2D eigenvalue weighted by molar-refractivity contribution is 6.31. The number of aromatic nitrogens is 2. The van der Waals surface area contributed by atoms with Crippen LogP contribution < -0.4 is 0 Å². The van der Waals surface area contributed by atoms with Crippen LogP contribution in [0.3, 0.4) is 0 Å². The molecular weight excluding hydrogens is 236 g/mol. The lowest BCUT2D eigenvalue weighted by Gasteiger charge is -2.37. The molecule has 0 spiro atoms. The van der Waals surface area contributed by atoms with Crippen LogP contribution in [0, 0.1) is 6.92 Å². The molecule has 3 rings (SSSR count). The van der Waals surface area contributed by atoms with E-state index in [-0.39, 0.29) is 0 Å². The summed E-state index contributed by atoms with van der Waals surface area (Å²) in [4.78, 5) is 5.10. The minimum atomic E-state index is 0.766. The van der Waals surface area contributed by atoms with Crippen molar-refractivity contribution in [3.05, 3.63) is 16.4 Å². The Morgan fingerprint density at radius 1 is 1.41 bits per heavy atom. The van der Waals surface area contributed by atoms with E-state index in [1.807, 2.05) is 6.92 Å². The Hall–Kier alpha value is -0.580. The largest absolute Gasteiger partial charge is 0.298 e. The summed E-state index contributed by atoms with van der Waals surface area (Å²) in [5.74, 6) is 0. The first-order chi connectivity index (χ1) is 8.24. The number of nitrogens with zero attached hydrogens (tertiary/aromatic N) is 3. The van der Waals surface area contributed by atoms with E-state index in [2.05, 4.69) is 20.0 Å². The van der Waals surface area contributed by atoms with Crippen molar-refractivity contribution >= 4 is 11.6 Å². The maximum Gasteiger partial charge on any atom is 0.0951 e. The van der Waals surface area contributed by atoms with Crippen LogP contribution in [0.1, 0.15) is 24.2 Å². The first-order valence-corrected chi connectivity index (χ1v) is 6.77. The highest BCUT2D eigenvalue weighted by Crippen LogP contribution is 2.24. The van der Waals surface area contributed by atoms with Crippen molar-refractivity contribution in [2.75, 3.05) is 26.2 Å². The van der Waals surface area contributed by atoms with Gasteiger partial charge < -0.3 is 0 Å². The number of H-pyrrole nitrogens is 1. The van der Waals surface area contributed by atoms with E-state index in [4.69, 9.17) is 11.6 Å². The summed E-state index contributed by atoms with van der Waals surface area (Å²) in [6.45, 7) is 7.65. The van der Waals surface area contributed by atoms with Crippen molar-refractivity contribution in [1.82, 2.24) is 20.0 Å². The van der Waals surface area contributed by atoms with Gasteiger partial charge in [-0.05, 0) is 26.3 Å². The van der Waals surface area contributed by atoms with Crippen molar-refractivity contribution in [2.24, 2.45) is 0 Å². The molecule has 2 aliphatic heterocycles. The van der Waals surface area contributed by atoms with Gasteiger partial charge in [-0.2, -0.15) is 5.10 Å². The molecule has 0 amide bonds. The third kappa shape index (κ3) is 2.21. The Morgan fingerprint density at radius 2 is 2.29 bits per heavy atom. The molecule has 1 atom stereocenters. The number of nitrogens with one attached hydrogen (secondary N) is 1. The molecule has 2 fully saturated rings. The maximum absolute atomic E-state index is 6.21. The Labute approximate surface area is 107 Å². The van der Waals surface area contributed by atoms with Crippen molar-refractivity contribution in [2.45, 2.75) is 32.4 Å². The number of hydrogen-bond donors (Lipinski definition) is 1. The van der Waals surface area contributed by atoms with E-state index in [0.29, 0.717) is 0 Å². The lowest BCUT2D eigenvalue weighted by atomic mass is 10.1. The number of hydrogen-bond acceptors (Lipinski definition) is 3. The summed E-state index contributed by atoms with van der Waals surface area (Å²) in [7, 11) is 0. The topological polar surface area (TPSA) is 35.2 Å². The lowest BCUT2D eigenvalue weighted by molar-refractivity contribution is 0.0984. The standard InChI is InChI=1S/C12H19ClN4/c1-9-12(13)11(15-14-9)8-16-5-6-17-4-2-3-10(17)7-16/h10H,2-8H2,1H3,(H,14,15)/t10-/m1/s1. The Morgan fingerprint density at radius 3 is 3.06 bits per heavy atom. The fourth-order valence-corrected chi connectivity index (χ4v) is 3.13. The normalized spacial score (nSPS) is 26.4. The van der Waals surface area contributed by atoms with Crippen LogP contribution in [0.15, 0.2) is 0 Å². The average molecular weight is 255 g/mol. The second kappa shape index (κ2) is 4.59. The predicted octanol–water partition coefficient (Wildman–Crippen LogP) is 1.65. The zero-order valence-corrected chi connectivity index (χ0v) is 11.0. The van der Waals surface area contributed by atoms with Gasteiger partial charge in [0, 0.05) is 32.2 Å². The quantitative estimate of drug-likeness (QED) is 0.872. The Bertz CT molecular complexity index is 403. The summed E-state index contributed by atoms with van der Waals surface area (Å²) in [5, 5.41) is 8.04. The maximum atomic E-state index is 6.21. The van der Waals surface area contributed by atoms with Gasteiger partial charge in [-0.3, -0.25) is 14.9 Å². The van der Waals surface area contributed by atoms with Crippen LogP contribution in [0.5, 0.6) is 0 Å². The third-order valence-corrected chi connectivity index (χ3v) is 4.49. The highest BCUT2D eigenvalue weighted by Gasteiger charge is 2.30. The number of piperazine rings is 1. The predicted molar refractivity (Wildman–Crippen MR) is 68.2 cm³/mol. The second-order valence-corrected chi connectivity index (χ2v) is 5.55. The number of rotatable bonds is 2. The summed E-state index contributed by atoms with van der Waals surface area (Å²) in [6, 6.07) is 0.766. The fraction of sp³-hybridized carbons (Fsp3) is 0.750. The molecular formula is C12H19ClN4. The summed E-state index contributed by atoms with van der Waals surface area (Å²) >= 11 is 6.21. The number of fused-ring (bicyclic) bond motifs is 1. The number of halogens is 1. The van der Waals surface area contributed by atoms with Gasteiger partial charge in [-0.15, -0.1) is 0 Å². The first-order valence-electron chi connectivity index (χ1n) is 6.40. The van der Waals surface area contributed by atoms with Crippen LogP contribution in [-0.4, -0.2) is 52.2 Å².